The van der Waals surface area contributed by atoms with Crippen LogP contribution in [0.4, 0.5) is 5.69 Å². The lowest BCUT2D eigenvalue weighted by molar-refractivity contribution is 0.0698. The lowest BCUT2D eigenvalue weighted by Crippen LogP contribution is -2.19. The Kier molecular flexibility index (Phi) is 5.86. The van der Waals surface area contributed by atoms with Gasteiger partial charge in [0.1, 0.15) is 0 Å². The van der Waals surface area contributed by atoms with Gasteiger partial charge in [-0.1, -0.05) is 35.5 Å². The maximum absolute atomic E-state index is 11.4. The number of rotatable bonds is 6. The minimum absolute atomic E-state index is 0.265. The maximum Gasteiger partial charge on any atom is 0.337 e. The number of aromatic nitrogens is 1. The highest BCUT2D eigenvalue weighted by Crippen LogP contribution is 2.36. The molecule has 0 spiro atoms. The number of aryl methyl sites for hydroxylation is 2. The van der Waals surface area contributed by atoms with Crippen molar-refractivity contribution in [2.24, 2.45) is 0 Å². The first kappa shape index (κ1) is 19.5. The average Bonchev–Trinajstić information content (AvgIpc) is 2.74. The highest BCUT2D eigenvalue weighted by atomic mass is 32.2. The third kappa shape index (κ3) is 4.62. The summed E-state index contributed by atoms with van der Waals surface area (Å²) >= 11 is 1.80. The summed E-state index contributed by atoms with van der Waals surface area (Å²) in [5, 5.41) is 12.7. The van der Waals surface area contributed by atoms with Crippen molar-refractivity contribution in [1.82, 2.24) is 4.98 Å². The van der Waals surface area contributed by atoms with Crippen LogP contribution in [0, 0.1) is 6.92 Å². The van der Waals surface area contributed by atoms with Gasteiger partial charge in [-0.15, -0.1) is 0 Å². The first-order chi connectivity index (χ1) is 14.1. The van der Waals surface area contributed by atoms with E-state index in [4.69, 9.17) is 0 Å². The number of pyridine rings is 1. The predicted octanol–water partition coefficient (Wildman–Crippen LogP) is 5.77. The van der Waals surface area contributed by atoms with Crippen LogP contribution in [0.5, 0.6) is 0 Å². The van der Waals surface area contributed by atoms with E-state index in [1.165, 1.54) is 38.7 Å². The zero-order valence-electron chi connectivity index (χ0n) is 16.4. The van der Waals surface area contributed by atoms with Crippen molar-refractivity contribution in [3.05, 3.63) is 83.2 Å². The Bertz CT molecular complexity index is 1020. The molecule has 1 heterocycles. The van der Waals surface area contributed by atoms with E-state index in [1.807, 2.05) is 0 Å². The molecule has 4 nitrogen and oxygen atoms in total. The van der Waals surface area contributed by atoms with Crippen molar-refractivity contribution in [1.29, 1.82) is 0 Å². The topological polar surface area (TPSA) is 62.2 Å². The van der Waals surface area contributed by atoms with E-state index in [2.05, 4.69) is 59.7 Å². The lowest BCUT2D eigenvalue weighted by atomic mass is 9.83. The van der Waals surface area contributed by atoms with Gasteiger partial charge in [-0.05, 0) is 67.6 Å². The number of nitrogens with one attached hydrogen (secondary N) is 1. The number of hydrogen-bond donors (Lipinski definition) is 2. The van der Waals surface area contributed by atoms with Crippen molar-refractivity contribution in [2.75, 3.05) is 11.9 Å². The number of nitrogens with zero attached hydrogens (tertiary/aromatic N) is 1. The van der Waals surface area contributed by atoms with E-state index in [9.17, 15) is 9.90 Å². The second kappa shape index (κ2) is 8.70. The molecule has 0 aliphatic heterocycles. The normalized spacial score (nSPS) is 15.6. The Balaban J connectivity index is 1.48. The minimum Gasteiger partial charge on any atom is -0.478 e. The number of benzene rings is 2. The molecule has 3 aromatic rings. The summed E-state index contributed by atoms with van der Waals surface area (Å²) in [4.78, 5) is 18.0. The molecule has 2 aromatic carbocycles. The molecule has 0 fully saturated rings. The third-order valence-corrected chi connectivity index (χ3v) is 6.40. The second-order valence-electron chi connectivity index (χ2n) is 7.47. The van der Waals surface area contributed by atoms with Crippen molar-refractivity contribution in [2.45, 2.75) is 41.9 Å². The van der Waals surface area contributed by atoms with Crippen molar-refractivity contribution >= 4 is 23.4 Å². The number of carboxylic acid groups (broad SMARTS) is 1. The minimum atomic E-state index is -0.934. The summed E-state index contributed by atoms with van der Waals surface area (Å²) in [5.41, 5.74) is 4.90. The summed E-state index contributed by atoms with van der Waals surface area (Å²) in [6.07, 6.45) is 6.46. The zero-order chi connectivity index (χ0) is 20.2. The molecule has 1 aliphatic carbocycles. The smallest absolute Gasteiger partial charge is 0.337 e. The molecule has 0 saturated heterocycles. The summed E-state index contributed by atoms with van der Waals surface area (Å²) in [5.74, 6) is -0.559. The molecule has 1 atom stereocenters. The lowest BCUT2D eigenvalue weighted by Gasteiger charge is -2.27. The van der Waals surface area contributed by atoms with E-state index in [1.54, 1.807) is 18.0 Å². The number of anilines is 1. The molecule has 5 heteroatoms. The SMILES string of the molecule is Cc1ccc(Sc2ccc3c(c2)CCCC3CNc2cnccc2C(=O)O)cc1. The Morgan fingerprint density at radius 3 is 2.76 bits per heavy atom. The Labute approximate surface area is 175 Å². The van der Waals surface area contributed by atoms with E-state index >= 15 is 0 Å². The molecule has 0 amide bonds. The van der Waals surface area contributed by atoms with Gasteiger partial charge < -0.3 is 10.4 Å². The fraction of sp³-hybridized carbons (Fsp3) is 0.250. The van der Waals surface area contributed by atoms with Gasteiger partial charge in [0.15, 0.2) is 0 Å². The van der Waals surface area contributed by atoms with Crippen molar-refractivity contribution in [3.63, 3.8) is 0 Å². The van der Waals surface area contributed by atoms with Crippen LogP contribution >= 0.6 is 11.8 Å². The highest BCUT2D eigenvalue weighted by molar-refractivity contribution is 7.99. The first-order valence-corrected chi connectivity index (χ1v) is 10.7. The van der Waals surface area contributed by atoms with Crippen molar-refractivity contribution in [3.8, 4) is 0 Å². The van der Waals surface area contributed by atoms with E-state index in [-0.39, 0.29) is 5.56 Å². The van der Waals surface area contributed by atoms with Gasteiger partial charge in [-0.3, -0.25) is 4.98 Å². The summed E-state index contributed by atoms with van der Waals surface area (Å²) < 4.78 is 0. The van der Waals surface area contributed by atoms with Crippen LogP contribution in [-0.4, -0.2) is 22.6 Å². The van der Waals surface area contributed by atoms with Gasteiger partial charge in [0.2, 0.25) is 0 Å². The van der Waals surface area contributed by atoms with Crippen LogP contribution in [0.1, 0.15) is 45.8 Å². The second-order valence-corrected chi connectivity index (χ2v) is 8.62. The third-order valence-electron chi connectivity index (χ3n) is 5.40. The number of hydrogen-bond acceptors (Lipinski definition) is 4. The summed E-state index contributed by atoms with van der Waals surface area (Å²) in [6, 6.07) is 16.9. The monoisotopic (exact) mass is 404 g/mol. The van der Waals surface area contributed by atoms with Crippen LogP contribution in [0.25, 0.3) is 0 Å². The van der Waals surface area contributed by atoms with Crippen LogP contribution < -0.4 is 5.32 Å². The quantitative estimate of drug-likeness (QED) is 0.546. The summed E-state index contributed by atoms with van der Waals surface area (Å²) in [7, 11) is 0. The molecule has 4 rings (SSSR count). The Hall–Kier alpha value is -2.79. The largest absolute Gasteiger partial charge is 0.478 e. The Morgan fingerprint density at radius 1 is 1.17 bits per heavy atom. The van der Waals surface area contributed by atoms with E-state index < -0.39 is 5.97 Å². The van der Waals surface area contributed by atoms with Crippen LogP contribution in [0.2, 0.25) is 0 Å². The van der Waals surface area contributed by atoms with E-state index in [0.29, 0.717) is 18.2 Å². The molecule has 29 heavy (non-hydrogen) atoms. The number of aromatic carboxylic acids is 1. The molecule has 2 N–H and O–H groups in total. The Morgan fingerprint density at radius 2 is 1.97 bits per heavy atom. The van der Waals surface area contributed by atoms with Gasteiger partial charge in [0.25, 0.3) is 0 Å². The van der Waals surface area contributed by atoms with E-state index in [0.717, 1.165) is 19.3 Å². The summed E-state index contributed by atoms with van der Waals surface area (Å²) in [6.45, 7) is 2.82. The molecule has 0 radical (unpaired) electrons. The highest BCUT2D eigenvalue weighted by Gasteiger charge is 2.21. The van der Waals surface area contributed by atoms with Crippen LogP contribution in [-0.2, 0) is 6.42 Å². The molecule has 1 unspecified atom stereocenters. The van der Waals surface area contributed by atoms with Gasteiger partial charge in [-0.25, -0.2) is 4.79 Å². The molecule has 1 aliphatic rings. The van der Waals surface area contributed by atoms with Gasteiger partial charge in [0.05, 0.1) is 17.4 Å². The fourth-order valence-electron chi connectivity index (χ4n) is 3.86. The molecule has 148 valence electrons. The van der Waals surface area contributed by atoms with Gasteiger partial charge in [-0.2, -0.15) is 0 Å². The van der Waals surface area contributed by atoms with Crippen molar-refractivity contribution < 1.29 is 9.90 Å². The van der Waals surface area contributed by atoms with Crippen LogP contribution in [0.3, 0.4) is 0 Å². The number of carbonyl (C=O) groups is 1. The number of carboxylic acids is 1. The molecule has 0 bridgehead atoms. The molecular formula is C24H24N2O2S. The molecular weight excluding hydrogens is 380 g/mol. The maximum atomic E-state index is 11.4. The van der Waals surface area contributed by atoms with Crippen LogP contribution in [0.15, 0.2) is 70.7 Å². The average molecular weight is 405 g/mol. The molecule has 1 aromatic heterocycles. The van der Waals surface area contributed by atoms with Gasteiger partial charge in [0, 0.05) is 28.5 Å². The number of fused-ring (bicyclic) bond motifs is 1. The first-order valence-electron chi connectivity index (χ1n) is 9.88. The predicted molar refractivity (Wildman–Crippen MR) is 117 cm³/mol. The standard InChI is InChI=1S/C24H24N2O2S/c1-16-5-7-19(8-6-16)29-20-9-10-21-17(13-20)3-2-4-18(21)14-26-23-15-25-12-11-22(23)24(27)28/h5-13,15,18,26H,2-4,14H2,1H3,(H,27,28). The fourth-order valence-corrected chi connectivity index (χ4v) is 4.75. The molecule has 0 saturated carbocycles. The van der Waals surface area contributed by atoms with Gasteiger partial charge >= 0.3 is 5.97 Å². The zero-order valence-corrected chi connectivity index (χ0v) is 17.2.